The maximum atomic E-state index is 13.8. The minimum absolute atomic E-state index is 0.246. The smallest absolute Gasteiger partial charge is 0.151 e. The van der Waals surface area contributed by atoms with Gasteiger partial charge in [-0.05, 0) is 66.8 Å². The SMILES string of the molecule is COc1ccc(F)cc1C1=CC[C@@H](c2nnc3n2-c2ccc(Cl)cc2CNC3)CC1. The van der Waals surface area contributed by atoms with Gasteiger partial charge in [0.1, 0.15) is 17.4 Å². The normalized spacial score (nSPS) is 18.2. The molecule has 0 saturated heterocycles. The lowest BCUT2D eigenvalue weighted by Gasteiger charge is -2.23. The van der Waals surface area contributed by atoms with Gasteiger partial charge in [0.15, 0.2) is 5.82 Å². The van der Waals surface area contributed by atoms with E-state index in [4.69, 9.17) is 16.3 Å². The van der Waals surface area contributed by atoms with E-state index in [0.29, 0.717) is 12.3 Å². The van der Waals surface area contributed by atoms with Gasteiger partial charge in [-0.25, -0.2) is 4.39 Å². The number of rotatable bonds is 3. The van der Waals surface area contributed by atoms with E-state index in [9.17, 15) is 4.39 Å². The van der Waals surface area contributed by atoms with Crippen LogP contribution in [0.5, 0.6) is 5.75 Å². The number of fused-ring (bicyclic) bond motifs is 3. The molecule has 5 nitrogen and oxygen atoms in total. The molecule has 0 saturated carbocycles. The number of halogens is 2. The van der Waals surface area contributed by atoms with Crippen molar-refractivity contribution in [3.63, 3.8) is 0 Å². The third-order valence-electron chi connectivity index (χ3n) is 5.92. The van der Waals surface area contributed by atoms with Crippen molar-refractivity contribution in [3.05, 3.63) is 76.1 Å². The van der Waals surface area contributed by atoms with E-state index in [1.54, 1.807) is 19.2 Å². The number of methoxy groups -OCH3 is 1. The second-order valence-corrected chi connectivity index (χ2v) is 8.17. The number of aromatic nitrogens is 3. The Morgan fingerprint density at radius 3 is 2.87 bits per heavy atom. The molecule has 2 aliphatic rings. The summed E-state index contributed by atoms with van der Waals surface area (Å²) < 4.78 is 21.4. The molecule has 2 aromatic carbocycles. The summed E-state index contributed by atoms with van der Waals surface area (Å²) in [5.74, 6) is 2.58. The molecule has 1 N–H and O–H groups in total. The fraction of sp³-hybridized carbons (Fsp3) is 0.304. The molecular formula is C23H22ClFN4O. The summed E-state index contributed by atoms with van der Waals surface area (Å²) in [5.41, 5.74) is 4.17. The Morgan fingerprint density at radius 2 is 2.07 bits per heavy atom. The quantitative estimate of drug-likeness (QED) is 0.641. The molecule has 30 heavy (non-hydrogen) atoms. The van der Waals surface area contributed by atoms with E-state index in [2.05, 4.69) is 26.2 Å². The predicted octanol–water partition coefficient (Wildman–Crippen LogP) is 5.02. The van der Waals surface area contributed by atoms with Crippen molar-refractivity contribution < 1.29 is 9.13 Å². The van der Waals surface area contributed by atoms with Gasteiger partial charge in [-0.15, -0.1) is 10.2 Å². The highest BCUT2D eigenvalue weighted by Gasteiger charge is 2.27. The van der Waals surface area contributed by atoms with Gasteiger partial charge in [0.2, 0.25) is 0 Å². The largest absolute Gasteiger partial charge is 0.496 e. The third kappa shape index (κ3) is 3.40. The van der Waals surface area contributed by atoms with Crippen molar-refractivity contribution >= 4 is 17.2 Å². The van der Waals surface area contributed by atoms with Crippen molar-refractivity contribution in [2.75, 3.05) is 7.11 Å². The van der Waals surface area contributed by atoms with Gasteiger partial charge in [-0.3, -0.25) is 4.57 Å². The van der Waals surface area contributed by atoms with Crippen LogP contribution in [0.15, 0.2) is 42.5 Å². The van der Waals surface area contributed by atoms with Crippen LogP contribution in [-0.2, 0) is 13.1 Å². The van der Waals surface area contributed by atoms with Crippen molar-refractivity contribution in [3.8, 4) is 11.4 Å². The van der Waals surface area contributed by atoms with Crippen molar-refractivity contribution in [2.45, 2.75) is 38.3 Å². The zero-order chi connectivity index (χ0) is 20.7. The molecule has 1 aromatic heterocycles. The molecule has 0 radical (unpaired) electrons. The van der Waals surface area contributed by atoms with Crippen LogP contribution in [-0.4, -0.2) is 21.9 Å². The zero-order valence-electron chi connectivity index (χ0n) is 16.7. The van der Waals surface area contributed by atoms with Crippen molar-refractivity contribution in [1.82, 2.24) is 20.1 Å². The van der Waals surface area contributed by atoms with E-state index in [0.717, 1.165) is 64.9 Å². The summed E-state index contributed by atoms with van der Waals surface area (Å²) in [6.45, 7) is 1.40. The van der Waals surface area contributed by atoms with Crippen LogP contribution in [0, 0.1) is 5.82 Å². The average molecular weight is 425 g/mol. The first-order chi connectivity index (χ1) is 14.6. The summed E-state index contributed by atoms with van der Waals surface area (Å²) in [5, 5.41) is 13.1. The van der Waals surface area contributed by atoms with Crippen LogP contribution in [0.4, 0.5) is 4.39 Å². The molecule has 5 rings (SSSR count). The molecule has 2 heterocycles. The topological polar surface area (TPSA) is 52.0 Å². The molecule has 3 aromatic rings. The number of nitrogens with one attached hydrogen (secondary N) is 1. The Labute approximate surface area is 179 Å². The molecule has 0 amide bonds. The number of nitrogens with zero attached hydrogens (tertiary/aromatic N) is 3. The molecule has 1 atom stereocenters. The highest BCUT2D eigenvalue weighted by molar-refractivity contribution is 6.30. The van der Waals surface area contributed by atoms with E-state index >= 15 is 0 Å². The van der Waals surface area contributed by atoms with Gasteiger partial charge in [0.25, 0.3) is 0 Å². The summed E-state index contributed by atoms with van der Waals surface area (Å²) in [4.78, 5) is 0. The summed E-state index contributed by atoms with van der Waals surface area (Å²) in [6.07, 6.45) is 4.76. The number of ether oxygens (including phenoxy) is 1. The third-order valence-corrected chi connectivity index (χ3v) is 6.15. The molecule has 1 aliphatic carbocycles. The second-order valence-electron chi connectivity index (χ2n) is 7.73. The first kappa shape index (κ1) is 19.3. The van der Waals surface area contributed by atoms with Crippen LogP contribution >= 0.6 is 11.6 Å². The molecule has 0 fully saturated rings. The maximum absolute atomic E-state index is 13.8. The number of hydrogen-bond donors (Lipinski definition) is 1. The van der Waals surface area contributed by atoms with Gasteiger partial charge in [-0.1, -0.05) is 17.7 Å². The Bertz CT molecular complexity index is 1140. The minimum atomic E-state index is -0.251. The Morgan fingerprint density at radius 1 is 1.17 bits per heavy atom. The second kappa shape index (κ2) is 7.85. The molecule has 0 unspecified atom stereocenters. The molecule has 1 aliphatic heterocycles. The Hall–Kier alpha value is -2.70. The Balaban J connectivity index is 1.49. The molecule has 0 bridgehead atoms. The predicted molar refractivity (Wildman–Crippen MR) is 114 cm³/mol. The van der Waals surface area contributed by atoms with Gasteiger partial charge >= 0.3 is 0 Å². The number of hydrogen-bond acceptors (Lipinski definition) is 4. The van der Waals surface area contributed by atoms with E-state index in [1.807, 2.05) is 18.2 Å². The van der Waals surface area contributed by atoms with E-state index in [1.165, 1.54) is 6.07 Å². The minimum Gasteiger partial charge on any atom is -0.496 e. The summed E-state index contributed by atoms with van der Waals surface area (Å²) >= 11 is 6.22. The van der Waals surface area contributed by atoms with Crippen molar-refractivity contribution in [1.29, 1.82) is 0 Å². The van der Waals surface area contributed by atoms with Gasteiger partial charge in [-0.2, -0.15) is 0 Å². The van der Waals surface area contributed by atoms with Gasteiger partial charge < -0.3 is 10.1 Å². The highest BCUT2D eigenvalue weighted by atomic mass is 35.5. The lowest BCUT2D eigenvalue weighted by Crippen LogP contribution is -2.13. The molecule has 7 heteroatoms. The standard InChI is InChI=1S/C23H22ClFN4O/c1-30-21-9-7-18(25)11-19(21)14-2-4-15(5-3-14)23-28-27-22-13-26-12-16-10-17(24)6-8-20(16)29(22)23/h2,6-11,15,26H,3-5,12-13H2,1H3/t15-/m1/s1. The average Bonchev–Trinajstić information content (AvgIpc) is 3.09. The van der Waals surface area contributed by atoms with E-state index < -0.39 is 0 Å². The zero-order valence-corrected chi connectivity index (χ0v) is 17.4. The van der Waals surface area contributed by atoms with Crippen LogP contribution < -0.4 is 10.1 Å². The van der Waals surface area contributed by atoms with Gasteiger partial charge in [0, 0.05) is 23.0 Å². The monoisotopic (exact) mass is 424 g/mol. The number of allylic oxidation sites excluding steroid dienone is 2. The fourth-order valence-corrected chi connectivity index (χ4v) is 4.63. The van der Waals surface area contributed by atoms with Crippen LogP contribution in [0.1, 0.15) is 48.0 Å². The maximum Gasteiger partial charge on any atom is 0.151 e. The first-order valence-electron chi connectivity index (χ1n) is 10.1. The van der Waals surface area contributed by atoms with Crippen LogP contribution in [0.2, 0.25) is 5.02 Å². The van der Waals surface area contributed by atoms with E-state index in [-0.39, 0.29) is 11.7 Å². The summed E-state index contributed by atoms with van der Waals surface area (Å²) in [6, 6.07) is 10.6. The molecule has 0 spiro atoms. The fourth-order valence-electron chi connectivity index (χ4n) is 4.44. The van der Waals surface area contributed by atoms with Crippen LogP contribution in [0.3, 0.4) is 0 Å². The molecular weight excluding hydrogens is 403 g/mol. The lowest BCUT2D eigenvalue weighted by atomic mass is 9.85. The summed E-state index contributed by atoms with van der Waals surface area (Å²) in [7, 11) is 1.62. The van der Waals surface area contributed by atoms with Gasteiger partial charge in [0.05, 0.1) is 19.3 Å². The highest BCUT2D eigenvalue weighted by Crippen LogP contribution is 2.39. The lowest BCUT2D eigenvalue weighted by molar-refractivity contribution is 0.411. The van der Waals surface area contributed by atoms with Crippen molar-refractivity contribution in [2.24, 2.45) is 0 Å². The van der Waals surface area contributed by atoms with Crippen LogP contribution in [0.25, 0.3) is 11.3 Å². The Kier molecular flexibility index (Phi) is 5.05. The molecule has 154 valence electrons. The number of benzene rings is 2. The first-order valence-corrected chi connectivity index (χ1v) is 10.5.